The van der Waals surface area contributed by atoms with Crippen LogP contribution in [0.3, 0.4) is 0 Å². The Labute approximate surface area is 179 Å². The Balaban J connectivity index is 1.69. The van der Waals surface area contributed by atoms with Gasteiger partial charge in [0.15, 0.2) is 5.82 Å². The maximum atomic E-state index is 12.2. The number of ether oxygens (including phenoxy) is 1. The average Bonchev–Trinajstić information content (AvgIpc) is 3.02. The number of methoxy groups -OCH3 is 1. The molecule has 1 aliphatic heterocycles. The van der Waals surface area contributed by atoms with E-state index in [4.69, 9.17) is 4.74 Å². The molecule has 0 unspecified atom stereocenters. The number of nitrogens with zero attached hydrogens (tertiary/aromatic N) is 4. The van der Waals surface area contributed by atoms with Crippen molar-refractivity contribution in [3.05, 3.63) is 47.0 Å². The zero-order valence-electron chi connectivity index (χ0n) is 18.7. The Bertz CT molecular complexity index is 816. The first-order valence-corrected chi connectivity index (χ1v) is 11.0. The summed E-state index contributed by atoms with van der Waals surface area (Å²) in [7, 11) is 1.53. The quantitative estimate of drug-likeness (QED) is 0.684. The van der Waals surface area contributed by atoms with Crippen molar-refractivity contribution >= 4 is 5.91 Å². The summed E-state index contributed by atoms with van der Waals surface area (Å²) in [6, 6.07) is 8.76. The lowest BCUT2D eigenvalue weighted by molar-refractivity contribution is -0.125. The van der Waals surface area contributed by atoms with Gasteiger partial charge in [0.05, 0.1) is 6.04 Å². The van der Waals surface area contributed by atoms with Crippen LogP contribution in [0.2, 0.25) is 0 Å². The SMILES string of the molecule is CCc1ccc(CN2CCc3nnc([C@@H](CC(C)C)NC(=O)COC)n3CC2)cc1. The van der Waals surface area contributed by atoms with Crippen molar-refractivity contribution in [3.63, 3.8) is 0 Å². The van der Waals surface area contributed by atoms with Crippen molar-refractivity contribution in [1.82, 2.24) is 25.0 Å². The Kier molecular flexibility index (Phi) is 7.99. The summed E-state index contributed by atoms with van der Waals surface area (Å²) in [4.78, 5) is 14.6. The Morgan fingerprint density at radius 1 is 1.13 bits per heavy atom. The number of benzene rings is 1. The molecular formula is C23H35N5O2. The van der Waals surface area contributed by atoms with Crippen molar-refractivity contribution in [2.75, 3.05) is 26.8 Å². The number of aryl methyl sites for hydroxylation is 1. The number of amides is 1. The van der Waals surface area contributed by atoms with E-state index < -0.39 is 0 Å². The van der Waals surface area contributed by atoms with Gasteiger partial charge in [-0.1, -0.05) is 45.0 Å². The highest BCUT2D eigenvalue weighted by molar-refractivity contribution is 5.77. The molecule has 2 aromatic rings. The molecule has 1 aliphatic rings. The minimum Gasteiger partial charge on any atom is -0.375 e. The van der Waals surface area contributed by atoms with Gasteiger partial charge in [-0.2, -0.15) is 0 Å². The normalized spacial score (nSPS) is 15.6. The first kappa shape index (κ1) is 22.4. The van der Waals surface area contributed by atoms with Crippen LogP contribution < -0.4 is 5.32 Å². The van der Waals surface area contributed by atoms with Crippen molar-refractivity contribution in [3.8, 4) is 0 Å². The van der Waals surface area contributed by atoms with E-state index in [0.29, 0.717) is 5.92 Å². The number of hydrogen-bond acceptors (Lipinski definition) is 5. The van der Waals surface area contributed by atoms with Gasteiger partial charge in [-0.05, 0) is 29.9 Å². The number of rotatable bonds is 9. The molecule has 0 aliphatic carbocycles. The van der Waals surface area contributed by atoms with Crippen molar-refractivity contribution in [2.45, 2.75) is 59.2 Å². The third-order valence-electron chi connectivity index (χ3n) is 5.61. The van der Waals surface area contributed by atoms with E-state index in [0.717, 1.165) is 57.1 Å². The van der Waals surface area contributed by atoms with E-state index in [9.17, 15) is 4.79 Å². The molecule has 3 rings (SSSR count). The van der Waals surface area contributed by atoms with Crippen LogP contribution in [0.1, 0.15) is 56.0 Å². The van der Waals surface area contributed by atoms with E-state index in [1.54, 1.807) is 0 Å². The number of hydrogen-bond donors (Lipinski definition) is 1. The highest BCUT2D eigenvalue weighted by atomic mass is 16.5. The number of carbonyl (C=O) groups excluding carboxylic acids is 1. The Hall–Kier alpha value is -2.25. The van der Waals surface area contributed by atoms with Crippen LogP contribution in [0.15, 0.2) is 24.3 Å². The second-order valence-corrected chi connectivity index (χ2v) is 8.50. The zero-order chi connectivity index (χ0) is 21.5. The second-order valence-electron chi connectivity index (χ2n) is 8.50. The molecule has 0 fully saturated rings. The van der Waals surface area contributed by atoms with Gasteiger partial charge >= 0.3 is 0 Å². The maximum Gasteiger partial charge on any atom is 0.246 e. The molecule has 2 heterocycles. The van der Waals surface area contributed by atoms with Gasteiger partial charge < -0.3 is 14.6 Å². The fourth-order valence-electron chi connectivity index (χ4n) is 4.01. The van der Waals surface area contributed by atoms with Crippen LogP contribution >= 0.6 is 0 Å². The summed E-state index contributed by atoms with van der Waals surface area (Å²) in [6.07, 6.45) is 2.75. The van der Waals surface area contributed by atoms with E-state index in [1.807, 2.05) is 0 Å². The number of carbonyl (C=O) groups is 1. The fourth-order valence-corrected chi connectivity index (χ4v) is 4.01. The summed E-state index contributed by atoms with van der Waals surface area (Å²) >= 11 is 0. The molecule has 7 nitrogen and oxygen atoms in total. The van der Waals surface area contributed by atoms with Gasteiger partial charge in [0.1, 0.15) is 12.4 Å². The van der Waals surface area contributed by atoms with Crippen LogP contribution in [0.5, 0.6) is 0 Å². The largest absolute Gasteiger partial charge is 0.375 e. The molecule has 0 saturated carbocycles. The molecule has 1 amide bonds. The lowest BCUT2D eigenvalue weighted by Crippen LogP contribution is -2.34. The van der Waals surface area contributed by atoms with E-state index >= 15 is 0 Å². The molecule has 0 saturated heterocycles. The van der Waals surface area contributed by atoms with E-state index in [1.165, 1.54) is 18.2 Å². The summed E-state index contributed by atoms with van der Waals surface area (Å²) in [5.41, 5.74) is 2.71. The zero-order valence-corrected chi connectivity index (χ0v) is 18.7. The van der Waals surface area contributed by atoms with Crippen LogP contribution in [0, 0.1) is 5.92 Å². The predicted molar refractivity (Wildman–Crippen MR) is 117 cm³/mol. The summed E-state index contributed by atoms with van der Waals surface area (Å²) in [5.74, 6) is 2.17. The number of aromatic nitrogens is 3. The van der Waals surface area contributed by atoms with Crippen molar-refractivity contribution < 1.29 is 9.53 Å². The standard InChI is InChI=1S/C23H35N5O2/c1-5-18-6-8-19(9-7-18)15-27-11-10-21-25-26-23(28(21)13-12-27)20(14-17(2)3)24-22(29)16-30-4/h6-9,17,20H,5,10-16H2,1-4H3,(H,24,29)/t20-/m1/s1. The lowest BCUT2D eigenvalue weighted by atomic mass is 10.0. The van der Waals surface area contributed by atoms with E-state index in [2.05, 4.69) is 70.0 Å². The van der Waals surface area contributed by atoms with Gasteiger partial charge in [-0.3, -0.25) is 9.69 Å². The molecule has 0 spiro atoms. The molecule has 164 valence electrons. The average molecular weight is 414 g/mol. The highest BCUT2D eigenvalue weighted by Gasteiger charge is 2.26. The molecular weight excluding hydrogens is 378 g/mol. The third-order valence-corrected chi connectivity index (χ3v) is 5.61. The van der Waals surface area contributed by atoms with Gasteiger partial charge in [-0.25, -0.2) is 0 Å². The number of nitrogens with one attached hydrogen (secondary N) is 1. The summed E-state index contributed by atoms with van der Waals surface area (Å²) < 4.78 is 7.19. The fraction of sp³-hybridized carbons (Fsp3) is 0.609. The van der Waals surface area contributed by atoms with Crippen LogP contribution in [-0.4, -0.2) is 52.4 Å². The molecule has 1 aromatic carbocycles. The van der Waals surface area contributed by atoms with Crippen LogP contribution in [0.4, 0.5) is 0 Å². The van der Waals surface area contributed by atoms with E-state index in [-0.39, 0.29) is 18.6 Å². The summed E-state index contributed by atoms with van der Waals surface area (Å²) in [6.45, 7) is 10.2. The first-order chi connectivity index (χ1) is 14.5. The molecule has 30 heavy (non-hydrogen) atoms. The third kappa shape index (κ3) is 5.89. The lowest BCUT2D eigenvalue weighted by Gasteiger charge is -2.22. The topological polar surface area (TPSA) is 72.3 Å². The smallest absolute Gasteiger partial charge is 0.246 e. The Morgan fingerprint density at radius 3 is 2.53 bits per heavy atom. The second kappa shape index (κ2) is 10.7. The maximum absolute atomic E-state index is 12.2. The molecule has 1 aromatic heterocycles. The minimum atomic E-state index is -0.151. The summed E-state index contributed by atoms with van der Waals surface area (Å²) in [5, 5.41) is 12.0. The highest BCUT2D eigenvalue weighted by Crippen LogP contribution is 2.22. The molecule has 1 N–H and O–H groups in total. The molecule has 1 atom stereocenters. The van der Waals surface area contributed by atoms with Gasteiger partial charge in [0, 0.05) is 39.7 Å². The molecule has 7 heteroatoms. The van der Waals surface area contributed by atoms with Gasteiger partial charge in [0.2, 0.25) is 5.91 Å². The monoisotopic (exact) mass is 413 g/mol. The van der Waals surface area contributed by atoms with Crippen molar-refractivity contribution in [2.24, 2.45) is 5.92 Å². The van der Waals surface area contributed by atoms with Crippen LogP contribution in [-0.2, 0) is 35.5 Å². The van der Waals surface area contributed by atoms with Crippen LogP contribution in [0.25, 0.3) is 0 Å². The minimum absolute atomic E-state index is 0.0557. The van der Waals surface area contributed by atoms with Crippen molar-refractivity contribution in [1.29, 1.82) is 0 Å². The predicted octanol–water partition coefficient (Wildman–Crippen LogP) is 2.75. The first-order valence-electron chi connectivity index (χ1n) is 11.0. The molecule has 0 radical (unpaired) electrons. The number of fused-ring (bicyclic) bond motifs is 1. The van der Waals surface area contributed by atoms with Gasteiger partial charge in [0.25, 0.3) is 0 Å². The molecule has 0 bridgehead atoms. The van der Waals surface area contributed by atoms with Gasteiger partial charge in [-0.15, -0.1) is 10.2 Å². The Morgan fingerprint density at radius 2 is 1.87 bits per heavy atom.